The van der Waals surface area contributed by atoms with Gasteiger partial charge in [0.25, 0.3) is 0 Å². The van der Waals surface area contributed by atoms with E-state index in [0.717, 1.165) is 36.4 Å². The number of rotatable bonds is 5. The second-order valence-corrected chi connectivity index (χ2v) is 5.87. The van der Waals surface area contributed by atoms with Gasteiger partial charge >= 0.3 is 0 Å². The van der Waals surface area contributed by atoms with Gasteiger partial charge in [0.2, 0.25) is 0 Å². The first-order chi connectivity index (χ1) is 11.7. The third-order valence-electron chi connectivity index (χ3n) is 4.49. The van der Waals surface area contributed by atoms with Gasteiger partial charge in [0.05, 0.1) is 21.3 Å². The van der Waals surface area contributed by atoms with Crippen molar-refractivity contribution < 1.29 is 19.3 Å². The Morgan fingerprint density at radius 3 is 2.38 bits per heavy atom. The number of hydrogen-bond donors (Lipinski definition) is 2. The maximum Gasteiger partial charge on any atom is 0.161 e. The Kier molecular flexibility index (Phi) is 4.81. The van der Waals surface area contributed by atoms with Crippen LogP contribution >= 0.6 is 0 Å². The summed E-state index contributed by atoms with van der Waals surface area (Å²) in [6, 6.07) is 9.82. The van der Waals surface area contributed by atoms with E-state index in [4.69, 9.17) is 14.2 Å². The van der Waals surface area contributed by atoms with E-state index in [1.807, 2.05) is 12.1 Å². The van der Waals surface area contributed by atoms with Gasteiger partial charge in [0.15, 0.2) is 23.0 Å². The summed E-state index contributed by atoms with van der Waals surface area (Å²) >= 11 is 0. The number of hydrogen-bond acceptors (Lipinski definition) is 5. The van der Waals surface area contributed by atoms with Gasteiger partial charge in [0, 0.05) is 6.04 Å². The molecule has 0 fully saturated rings. The molecule has 5 heteroatoms. The van der Waals surface area contributed by atoms with Crippen molar-refractivity contribution >= 4 is 0 Å². The minimum Gasteiger partial charge on any atom is -0.504 e. The van der Waals surface area contributed by atoms with Crippen molar-refractivity contribution in [2.24, 2.45) is 0 Å². The zero-order valence-corrected chi connectivity index (χ0v) is 14.3. The highest BCUT2D eigenvalue weighted by Crippen LogP contribution is 2.37. The van der Waals surface area contributed by atoms with E-state index < -0.39 is 0 Å². The summed E-state index contributed by atoms with van der Waals surface area (Å²) in [7, 11) is 4.85. The van der Waals surface area contributed by atoms with Crippen LogP contribution in [-0.4, -0.2) is 33.0 Å². The number of benzene rings is 2. The number of phenols is 1. The van der Waals surface area contributed by atoms with E-state index in [1.54, 1.807) is 33.5 Å². The summed E-state index contributed by atoms with van der Waals surface area (Å²) in [5.41, 5.74) is 3.54. The lowest BCUT2D eigenvalue weighted by molar-refractivity contribution is 0.352. The summed E-state index contributed by atoms with van der Waals surface area (Å²) in [4.78, 5) is 0. The summed E-state index contributed by atoms with van der Waals surface area (Å²) in [5.74, 6) is 2.15. The fraction of sp³-hybridized carbons (Fsp3) is 0.368. The third kappa shape index (κ3) is 3.12. The lowest BCUT2D eigenvalue weighted by Gasteiger charge is -2.28. The molecule has 24 heavy (non-hydrogen) atoms. The monoisotopic (exact) mass is 329 g/mol. The molecule has 2 aromatic rings. The predicted molar refractivity (Wildman–Crippen MR) is 92.4 cm³/mol. The van der Waals surface area contributed by atoms with Crippen LogP contribution in [0.5, 0.6) is 23.0 Å². The van der Waals surface area contributed by atoms with Crippen molar-refractivity contribution in [1.82, 2.24) is 5.32 Å². The molecule has 3 rings (SSSR count). The fourth-order valence-electron chi connectivity index (χ4n) is 3.25. The van der Waals surface area contributed by atoms with Crippen LogP contribution in [0.4, 0.5) is 0 Å². The molecule has 1 aliphatic rings. The van der Waals surface area contributed by atoms with Gasteiger partial charge in [-0.05, 0) is 60.3 Å². The number of methoxy groups -OCH3 is 3. The molecule has 0 aliphatic carbocycles. The van der Waals surface area contributed by atoms with Crippen LogP contribution in [0.2, 0.25) is 0 Å². The molecule has 0 saturated heterocycles. The minimum atomic E-state index is 0.165. The van der Waals surface area contributed by atoms with Gasteiger partial charge in [-0.25, -0.2) is 0 Å². The van der Waals surface area contributed by atoms with Crippen LogP contribution in [0.15, 0.2) is 30.3 Å². The van der Waals surface area contributed by atoms with Crippen LogP contribution in [0.1, 0.15) is 22.7 Å². The molecule has 0 bridgehead atoms. The maximum atomic E-state index is 9.98. The highest BCUT2D eigenvalue weighted by atomic mass is 16.5. The summed E-state index contributed by atoms with van der Waals surface area (Å²) in [6.07, 6.45) is 1.74. The highest BCUT2D eigenvalue weighted by molar-refractivity contribution is 5.50. The predicted octanol–water partition coefficient (Wildman–Crippen LogP) is 2.85. The zero-order valence-electron chi connectivity index (χ0n) is 14.3. The number of aromatic hydroxyl groups is 1. The zero-order chi connectivity index (χ0) is 17.1. The van der Waals surface area contributed by atoms with Crippen molar-refractivity contribution in [2.75, 3.05) is 27.9 Å². The summed E-state index contributed by atoms with van der Waals surface area (Å²) in [6.45, 7) is 0.912. The Hall–Kier alpha value is -2.40. The molecule has 2 N–H and O–H groups in total. The maximum absolute atomic E-state index is 9.98. The molecule has 1 heterocycles. The Balaban J connectivity index is 1.90. The Morgan fingerprint density at radius 2 is 1.71 bits per heavy atom. The quantitative estimate of drug-likeness (QED) is 0.883. The molecular weight excluding hydrogens is 306 g/mol. The van der Waals surface area contributed by atoms with Crippen LogP contribution in [0.3, 0.4) is 0 Å². The molecular formula is C19H23NO4. The Labute approximate surface area is 142 Å². The summed E-state index contributed by atoms with van der Waals surface area (Å²) in [5, 5.41) is 13.5. The third-order valence-corrected chi connectivity index (χ3v) is 4.49. The van der Waals surface area contributed by atoms with Gasteiger partial charge in [-0.2, -0.15) is 0 Å². The molecule has 0 aromatic heterocycles. The molecule has 1 aliphatic heterocycles. The van der Waals surface area contributed by atoms with Crippen molar-refractivity contribution in [3.63, 3.8) is 0 Å². The summed E-state index contributed by atoms with van der Waals surface area (Å²) < 4.78 is 16.0. The Morgan fingerprint density at radius 1 is 1.00 bits per heavy atom. The molecule has 5 nitrogen and oxygen atoms in total. The number of ether oxygens (including phenoxy) is 3. The lowest BCUT2D eigenvalue weighted by atomic mass is 9.89. The Bertz CT molecular complexity index is 730. The molecule has 0 spiro atoms. The minimum absolute atomic E-state index is 0.165. The smallest absolute Gasteiger partial charge is 0.161 e. The largest absolute Gasteiger partial charge is 0.504 e. The first kappa shape index (κ1) is 16.5. The fourth-order valence-corrected chi connectivity index (χ4v) is 3.25. The lowest BCUT2D eigenvalue weighted by Crippen LogP contribution is -2.31. The van der Waals surface area contributed by atoms with E-state index in [-0.39, 0.29) is 11.8 Å². The normalized spacial score (nSPS) is 16.4. The molecule has 128 valence electrons. The highest BCUT2D eigenvalue weighted by Gasteiger charge is 2.23. The van der Waals surface area contributed by atoms with Crippen molar-refractivity contribution in [1.29, 1.82) is 0 Å². The van der Waals surface area contributed by atoms with Gasteiger partial charge in [-0.15, -0.1) is 0 Å². The van der Waals surface area contributed by atoms with E-state index in [9.17, 15) is 5.11 Å². The standard InChI is InChI=1S/C19H23NO4/c1-22-17-5-4-12(9-16(17)21)8-15-14-11-19(24-3)18(23-2)10-13(14)6-7-20-15/h4-5,9-11,15,20-21H,6-8H2,1-3H3/t15-/m1/s1. The van der Waals surface area contributed by atoms with Gasteiger partial charge in [-0.1, -0.05) is 6.07 Å². The first-order valence-electron chi connectivity index (χ1n) is 8.00. The van der Waals surface area contributed by atoms with E-state index >= 15 is 0 Å². The van der Waals surface area contributed by atoms with Crippen LogP contribution in [0.25, 0.3) is 0 Å². The van der Waals surface area contributed by atoms with Crippen LogP contribution in [0, 0.1) is 0 Å². The van der Waals surface area contributed by atoms with Crippen molar-refractivity contribution in [3.05, 3.63) is 47.0 Å². The number of fused-ring (bicyclic) bond motifs is 1. The van der Waals surface area contributed by atoms with Gasteiger partial charge in [-0.3, -0.25) is 0 Å². The van der Waals surface area contributed by atoms with Crippen molar-refractivity contribution in [3.8, 4) is 23.0 Å². The first-order valence-corrected chi connectivity index (χ1v) is 8.00. The topological polar surface area (TPSA) is 60.0 Å². The molecule has 2 aromatic carbocycles. The van der Waals surface area contributed by atoms with Crippen LogP contribution in [-0.2, 0) is 12.8 Å². The van der Waals surface area contributed by atoms with E-state index in [1.165, 1.54) is 11.1 Å². The molecule has 0 radical (unpaired) electrons. The molecule has 0 saturated carbocycles. The van der Waals surface area contributed by atoms with E-state index in [2.05, 4.69) is 11.4 Å². The molecule has 0 unspecified atom stereocenters. The number of nitrogens with one attached hydrogen (secondary N) is 1. The SMILES string of the molecule is COc1ccc(C[C@H]2NCCc3cc(OC)c(OC)cc32)cc1O. The average Bonchev–Trinajstić information content (AvgIpc) is 2.61. The molecule has 1 atom stereocenters. The van der Waals surface area contributed by atoms with Crippen molar-refractivity contribution in [2.45, 2.75) is 18.9 Å². The van der Waals surface area contributed by atoms with Crippen LogP contribution < -0.4 is 19.5 Å². The average molecular weight is 329 g/mol. The molecule has 0 amide bonds. The van der Waals surface area contributed by atoms with Gasteiger partial charge < -0.3 is 24.6 Å². The van der Waals surface area contributed by atoms with E-state index in [0.29, 0.717) is 5.75 Å². The second-order valence-electron chi connectivity index (χ2n) is 5.87. The second kappa shape index (κ2) is 7.01. The van der Waals surface area contributed by atoms with Gasteiger partial charge in [0.1, 0.15) is 0 Å². The number of phenolic OH excluding ortho intramolecular Hbond substituents is 1.